The maximum Gasteiger partial charge on any atom is -0.0240 e. The van der Waals surface area contributed by atoms with Crippen molar-refractivity contribution in [2.24, 2.45) is 0 Å². The Kier molecular flexibility index (Phi) is 16.7. The summed E-state index contributed by atoms with van der Waals surface area (Å²) in [6, 6.07) is 49.0. The minimum Gasteiger partial charge on any atom is -0.147 e. The molecule has 228 valence electrons. The summed E-state index contributed by atoms with van der Waals surface area (Å²) < 4.78 is 3.34. The number of fused-ring (bicyclic) bond motifs is 8. The molecule has 0 nitrogen and oxygen atoms in total. The average molecular weight is 705 g/mol. The number of benzene rings is 6. The van der Waals surface area contributed by atoms with Gasteiger partial charge in [-0.1, -0.05) is 74.7 Å². The molecule has 2 aliphatic carbocycles. The number of rotatable bonds is 0. The zero-order valence-corrected chi connectivity index (χ0v) is 30.2. The smallest absolute Gasteiger partial charge is 0.0240 e. The van der Waals surface area contributed by atoms with Crippen LogP contribution in [0.2, 0.25) is 0 Å². The summed E-state index contributed by atoms with van der Waals surface area (Å²) in [5.41, 5.74) is 9.53. The van der Waals surface area contributed by atoms with E-state index in [1.165, 1.54) is 84.7 Å². The molecule has 2 aliphatic rings. The molecule has 0 unspecified atom stereocenters. The fourth-order valence-electron chi connectivity index (χ4n) is 5.18. The minimum atomic E-state index is 0. The fraction of sp³-hybridized carbons (Fsp3) is 0.119. The number of hydrogen-bond donors (Lipinski definition) is 0. The topological polar surface area (TPSA) is 0 Å². The summed E-state index contributed by atoms with van der Waals surface area (Å²) in [6.07, 6.45) is 9.36. The second-order valence-electron chi connectivity index (χ2n) is 10.3. The van der Waals surface area contributed by atoms with Crippen molar-refractivity contribution in [1.82, 2.24) is 0 Å². The molecule has 45 heavy (non-hydrogen) atoms. The van der Waals surface area contributed by atoms with Crippen LogP contribution >= 0.6 is 24.8 Å². The first-order chi connectivity index (χ1) is 21.1. The predicted molar refractivity (Wildman–Crippen MR) is 196 cm³/mol. The Bertz CT molecular complexity index is 1780. The molecule has 6 aromatic rings. The molecule has 3 heteroatoms. The molecule has 0 amide bonds. The molecular formula is C42H38Cl2Zr-4. The molecule has 6 aromatic carbocycles. The van der Waals surface area contributed by atoms with Gasteiger partial charge in [0, 0.05) is 0 Å². The van der Waals surface area contributed by atoms with Crippen molar-refractivity contribution in [3.63, 3.8) is 0 Å². The summed E-state index contributed by atoms with van der Waals surface area (Å²) in [6.45, 7) is 6.19. The molecule has 0 saturated carbocycles. The fourth-order valence-corrected chi connectivity index (χ4v) is 5.18. The second-order valence-corrected chi connectivity index (χ2v) is 10.3. The van der Waals surface area contributed by atoms with E-state index in [0.717, 1.165) is 12.8 Å². The van der Waals surface area contributed by atoms with Gasteiger partial charge in [-0.05, 0) is 28.5 Å². The quantitative estimate of drug-likeness (QED) is 0.109. The molecule has 0 saturated heterocycles. The molecule has 0 aliphatic heterocycles. The van der Waals surface area contributed by atoms with E-state index in [0.29, 0.717) is 0 Å². The summed E-state index contributed by atoms with van der Waals surface area (Å²) >= 11 is 1.30. The first-order valence-corrected chi connectivity index (χ1v) is 16.2. The van der Waals surface area contributed by atoms with Gasteiger partial charge in [0.05, 0.1) is 0 Å². The van der Waals surface area contributed by atoms with E-state index in [1.807, 2.05) is 54.6 Å². The van der Waals surface area contributed by atoms with Crippen LogP contribution in [-0.2, 0) is 30.7 Å². The maximum atomic E-state index is 3.48. The molecule has 0 radical (unpaired) electrons. The molecule has 0 heterocycles. The third kappa shape index (κ3) is 10.3. The van der Waals surface area contributed by atoms with Crippen LogP contribution in [0.5, 0.6) is 0 Å². The van der Waals surface area contributed by atoms with E-state index >= 15 is 0 Å². The Morgan fingerprint density at radius 3 is 1.69 bits per heavy atom. The molecule has 0 atom stereocenters. The first kappa shape index (κ1) is 37.8. The van der Waals surface area contributed by atoms with Gasteiger partial charge in [-0.2, -0.15) is 77.9 Å². The van der Waals surface area contributed by atoms with Crippen LogP contribution in [-0.4, -0.2) is 4.21 Å². The van der Waals surface area contributed by atoms with Crippen molar-refractivity contribution in [2.45, 2.75) is 33.6 Å². The largest absolute Gasteiger partial charge is 0.147 e. The number of halogens is 2. The van der Waals surface area contributed by atoms with Crippen molar-refractivity contribution in [3.05, 3.63) is 180 Å². The Balaban J connectivity index is 0.000000243. The standard InChI is InChI=1S/C21H13.2C7H7.C6H7.CH2.2ClH.Zr/c1-2-8-15-14(7-1)13-20-18-11-4-3-9-16(18)17-10-5-6-12-19(17)21(15)20;2*1-7-5-3-2-4-6-7;1-6-4-2-3-5-6;;;;/h1-10,12H,13H2;2*3-6H,1H3;2,4H,3H2,1H3;1H2;2*1H;/q4*-1;;;;. The molecule has 0 fully saturated rings. The third-order valence-corrected chi connectivity index (χ3v) is 7.24. The Morgan fingerprint density at radius 1 is 0.622 bits per heavy atom. The van der Waals surface area contributed by atoms with Crippen molar-refractivity contribution in [2.75, 3.05) is 0 Å². The van der Waals surface area contributed by atoms with E-state index in [4.69, 9.17) is 0 Å². The van der Waals surface area contributed by atoms with Gasteiger partial charge < -0.3 is 0 Å². The van der Waals surface area contributed by atoms with Gasteiger partial charge in [-0.25, -0.2) is 11.6 Å². The summed E-state index contributed by atoms with van der Waals surface area (Å²) in [5.74, 6) is 0. The Labute approximate surface area is 297 Å². The van der Waals surface area contributed by atoms with Gasteiger partial charge >= 0.3 is 28.4 Å². The van der Waals surface area contributed by atoms with Gasteiger partial charge in [0.15, 0.2) is 0 Å². The predicted octanol–water partition coefficient (Wildman–Crippen LogP) is 11.5. The summed E-state index contributed by atoms with van der Waals surface area (Å²) in [7, 11) is 0. The number of hydrogen-bond acceptors (Lipinski definition) is 0. The molecule has 0 N–H and O–H groups in total. The second kappa shape index (κ2) is 19.9. The number of aryl methyl sites for hydroxylation is 2. The average Bonchev–Trinajstić information content (AvgIpc) is 3.71. The van der Waals surface area contributed by atoms with Crippen LogP contribution < -0.4 is 0 Å². The molecular weight excluding hydrogens is 667 g/mol. The van der Waals surface area contributed by atoms with Crippen molar-refractivity contribution in [1.29, 1.82) is 0 Å². The van der Waals surface area contributed by atoms with Crippen LogP contribution in [0.15, 0.2) is 133 Å². The van der Waals surface area contributed by atoms with Crippen molar-refractivity contribution < 1.29 is 24.2 Å². The van der Waals surface area contributed by atoms with E-state index in [-0.39, 0.29) is 24.8 Å². The van der Waals surface area contributed by atoms with E-state index in [2.05, 4.69) is 122 Å². The number of allylic oxidation sites excluding steroid dienone is 4. The van der Waals surface area contributed by atoms with Crippen LogP contribution in [0.1, 0.15) is 35.6 Å². The molecule has 8 rings (SSSR count). The van der Waals surface area contributed by atoms with Gasteiger partial charge in [-0.15, -0.1) is 71.8 Å². The zero-order chi connectivity index (χ0) is 30.4. The maximum absolute atomic E-state index is 3.48. The summed E-state index contributed by atoms with van der Waals surface area (Å²) in [4.78, 5) is 0. The first-order valence-electron chi connectivity index (χ1n) is 14.5. The summed E-state index contributed by atoms with van der Waals surface area (Å²) in [5, 5.41) is 5.30. The van der Waals surface area contributed by atoms with E-state index < -0.39 is 0 Å². The Morgan fingerprint density at radius 2 is 1.18 bits per heavy atom. The molecule has 0 spiro atoms. The monoisotopic (exact) mass is 702 g/mol. The van der Waals surface area contributed by atoms with E-state index in [1.54, 1.807) is 0 Å². The van der Waals surface area contributed by atoms with Gasteiger partial charge in [0.2, 0.25) is 0 Å². The normalized spacial score (nSPS) is 11.1. The SMILES string of the molecule is CC1=[C-]CC=C1.Cc1cc[c-]cc1.Cc1cc[c-]cc1.Cl.Cl.[CH2]=[Zr].[c-]1cccc2c1c1c(c3ccccc32)-c2ccccc2C1. The molecule has 0 bridgehead atoms. The van der Waals surface area contributed by atoms with Crippen LogP contribution in [0.25, 0.3) is 32.7 Å². The minimum absolute atomic E-state index is 0. The van der Waals surface area contributed by atoms with Gasteiger partial charge in [-0.3, -0.25) is 6.08 Å². The van der Waals surface area contributed by atoms with Gasteiger partial charge in [0.1, 0.15) is 0 Å². The van der Waals surface area contributed by atoms with E-state index in [9.17, 15) is 0 Å². The Hall–Kier alpha value is -3.35. The van der Waals surface area contributed by atoms with Crippen molar-refractivity contribution >= 4 is 50.6 Å². The van der Waals surface area contributed by atoms with Crippen LogP contribution in [0, 0.1) is 38.1 Å². The van der Waals surface area contributed by atoms with Crippen LogP contribution in [0.4, 0.5) is 0 Å². The zero-order valence-electron chi connectivity index (χ0n) is 26.1. The van der Waals surface area contributed by atoms with Crippen LogP contribution in [0.3, 0.4) is 0 Å². The molecule has 0 aromatic heterocycles. The van der Waals surface area contributed by atoms with Gasteiger partial charge in [0.25, 0.3) is 0 Å². The van der Waals surface area contributed by atoms with Crippen molar-refractivity contribution in [3.8, 4) is 11.1 Å². The third-order valence-electron chi connectivity index (χ3n) is 7.24.